The van der Waals surface area contributed by atoms with E-state index in [2.05, 4.69) is 40.8 Å². The van der Waals surface area contributed by atoms with Crippen LogP contribution in [0.4, 0.5) is 0 Å². The molecule has 0 fully saturated rings. The number of hydrogen-bond donors (Lipinski definition) is 0. The average Bonchev–Trinajstić information content (AvgIpc) is 2.38. The lowest BCUT2D eigenvalue weighted by atomic mass is 10.0. The summed E-state index contributed by atoms with van der Waals surface area (Å²) >= 11 is 0. The first-order chi connectivity index (χ1) is 9.44. The molecule has 0 saturated carbocycles. The molecule has 0 aromatic rings. The van der Waals surface area contributed by atoms with E-state index >= 15 is 0 Å². The van der Waals surface area contributed by atoms with E-state index in [1.165, 1.54) is 64.2 Å². The summed E-state index contributed by atoms with van der Waals surface area (Å²) in [7, 11) is -1.48. The predicted molar refractivity (Wildman–Crippen MR) is 95.0 cm³/mol. The van der Waals surface area contributed by atoms with Crippen LogP contribution in [0.25, 0.3) is 0 Å². The smallest absolute Gasteiger partial charge is 0.189 e. The number of rotatable bonds is 13. The summed E-state index contributed by atoms with van der Waals surface area (Å²) in [5.74, 6) is 0. The van der Waals surface area contributed by atoms with Crippen molar-refractivity contribution < 1.29 is 4.43 Å². The van der Waals surface area contributed by atoms with E-state index in [0.717, 1.165) is 5.54 Å². The van der Waals surface area contributed by atoms with Crippen LogP contribution in [0.2, 0.25) is 18.6 Å². The number of unbranched alkanes of at least 4 members (excludes halogenated alkanes) is 6. The standard InChI is InChI=1S/C18H40OSi/c1-7-9-11-13-15-18(16-14-12-10-8-2)19-20(5,6)17(3)4/h17-18H,7-16H2,1-6H3. The minimum Gasteiger partial charge on any atom is -0.414 e. The highest BCUT2D eigenvalue weighted by Crippen LogP contribution is 2.26. The van der Waals surface area contributed by atoms with Crippen LogP contribution in [-0.2, 0) is 4.43 Å². The second kappa shape index (κ2) is 11.8. The van der Waals surface area contributed by atoms with Crippen molar-refractivity contribution in [2.24, 2.45) is 0 Å². The molecule has 2 heteroatoms. The molecule has 0 aliphatic carbocycles. The zero-order chi connectivity index (χ0) is 15.4. The Balaban J connectivity index is 4.16. The average molecular weight is 301 g/mol. The van der Waals surface area contributed by atoms with Gasteiger partial charge in [-0.25, -0.2) is 0 Å². The molecule has 0 atom stereocenters. The van der Waals surface area contributed by atoms with Crippen LogP contribution in [0.3, 0.4) is 0 Å². The van der Waals surface area contributed by atoms with Gasteiger partial charge in [0, 0.05) is 6.10 Å². The maximum Gasteiger partial charge on any atom is 0.189 e. The normalized spacial score (nSPS) is 12.6. The van der Waals surface area contributed by atoms with E-state index < -0.39 is 8.32 Å². The Hall–Kier alpha value is 0.177. The zero-order valence-electron chi connectivity index (χ0n) is 15.1. The highest BCUT2D eigenvalue weighted by molar-refractivity contribution is 6.72. The fourth-order valence-electron chi connectivity index (χ4n) is 2.43. The van der Waals surface area contributed by atoms with Crippen LogP contribution in [0.5, 0.6) is 0 Å². The molecular formula is C18H40OSi. The highest BCUT2D eigenvalue weighted by Gasteiger charge is 2.29. The van der Waals surface area contributed by atoms with Crippen molar-refractivity contribution in [1.82, 2.24) is 0 Å². The third kappa shape index (κ3) is 9.98. The first-order valence-corrected chi connectivity index (χ1v) is 12.1. The maximum atomic E-state index is 6.60. The summed E-state index contributed by atoms with van der Waals surface area (Å²) in [6, 6.07) is 0. The molecule has 0 spiro atoms. The van der Waals surface area contributed by atoms with E-state index in [1.54, 1.807) is 0 Å². The van der Waals surface area contributed by atoms with Gasteiger partial charge in [0.25, 0.3) is 0 Å². The summed E-state index contributed by atoms with van der Waals surface area (Å²) in [4.78, 5) is 0. The van der Waals surface area contributed by atoms with Gasteiger partial charge < -0.3 is 4.43 Å². The molecule has 0 aromatic carbocycles. The molecule has 0 unspecified atom stereocenters. The lowest BCUT2D eigenvalue weighted by Crippen LogP contribution is -2.38. The Bertz CT molecular complexity index is 201. The van der Waals surface area contributed by atoms with Gasteiger partial charge in [-0.2, -0.15) is 0 Å². The molecule has 0 radical (unpaired) electrons. The summed E-state index contributed by atoms with van der Waals surface area (Å²) in [6.07, 6.45) is 14.0. The Morgan fingerprint density at radius 1 is 0.750 bits per heavy atom. The Morgan fingerprint density at radius 2 is 1.20 bits per heavy atom. The van der Waals surface area contributed by atoms with Crippen molar-refractivity contribution in [1.29, 1.82) is 0 Å². The van der Waals surface area contributed by atoms with Crippen molar-refractivity contribution in [3.05, 3.63) is 0 Å². The quantitative estimate of drug-likeness (QED) is 0.265. The summed E-state index contributed by atoms with van der Waals surface area (Å²) in [6.45, 7) is 14.0. The third-order valence-electron chi connectivity index (χ3n) is 4.62. The molecule has 0 N–H and O–H groups in total. The van der Waals surface area contributed by atoms with E-state index in [1.807, 2.05) is 0 Å². The lowest BCUT2D eigenvalue weighted by Gasteiger charge is -2.32. The Kier molecular flexibility index (Phi) is 11.9. The van der Waals surface area contributed by atoms with Crippen LogP contribution in [0, 0.1) is 0 Å². The van der Waals surface area contributed by atoms with Gasteiger partial charge in [0.1, 0.15) is 0 Å². The zero-order valence-corrected chi connectivity index (χ0v) is 16.1. The SMILES string of the molecule is CCCCCCC(CCCCCC)O[Si](C)(C)C(C)C. The largest absolute Gasteiger partial charge is 0.414 e. The van der Waals surface area contributed by atoms with Gasteiger partial charge in [-0.3, -0.25) is 0 Å². The van der Waals surface area contributed by atoms with Crippen LogP contribution >= 0.6 is 0 Å². The molecule has 0 aromatic heterocycles. The van der Waals surface area contributed by atoms with Crippen molar-refractivity contribution in [2.75, 3.05) is 0 Å². The molecular weight excluding hydrogens is 260 g/mol. The van der Waals surface area contributed by atoms with Crippen molar-refractivity contribution in [2.45, 2.75) is 117 Å². The summed E-state index contributed by atoms with van der Waals surface area (Å²) in [5, 5.41) is 0. The molecule has 0 aliphatic rings. The van der Waals surface area contributed by atoms with E-state index in [-0.39, 0.29) is 0 Å². The highest BCUT2D eigenvalue weighted by atomic mass is 28.4. The summed E-state index contributed by atoms with van der Waals surface area (Å²) < 4.78 is 6.60. The lowest BCUT2D eigenvalue weighted by molar-refractivity contribution is 0.160. The van der Waals surface area contributed by atoms with Gasteiger partial charge in [0.05, 0.1) is 0 Å². The maximum absolute atomic E-state index is 6.60. The fourth-order valence-corrected chi connectivity index (χ4v) is 3.79. The van der Waals surface area contributed by atoms with Crippen LogP contribution in [0.15, 0.2) is 0 Å². The van der Waals surface area contributed by atoms with Crippen LogP contribution in [0.1, 0.15) is 91.9 Å². The molecule has 1 nitrogen and oxygen atoms in total. The van der Waals surface area contributed by atoms with Crippen LogP contribution < -0.4 is 0 Å². The second-order valence-corrected chi connectivity index (χ2v) is 11.8. The monoisotopic (exact) mass is 300 g/mol. The topological polar surface area (TPSA) is 9.23 Å². The minimum absolute atomic E-state index is 0.535. The fraction of sp³-hybridized carbons (Fsp3) is 1.00. The molecule has 0 bridgehead atoms. The van der Waals surface area contributed by atoms with Gasteiger partial charge in [-0.05, 0) is 31.5 Å². The summed E-state index contributed by atoms with van der Waals surface area (Å²) in [5.41, 5.74) is 0.719. The molecule has 0 amide bonds. The molecule has 122 valence electrons. The van der Waals surface area contributed by atoms with Gasteiger partial charge in [0.15, 0.2) is 8.32 Å². The van der Waals surface area contributed by atoms with Crippen molar-refractivity contribution >= 4 is 8.32 Å². The first kappa shape index (κ1) is 20.2. The van der Waals surface area contributed by atoms with Crippen LogP contribution in [-0.4, -0.2) is 14.4 Å². The van der Waals surface area contributed by atoms with Gasteiger partial charge in [0.2, 0.25) is 0 Å². The second-order valence-electron chi connectivity index (χ2n) is 7.20. The first-order valence-electron chi connectivity index (χ1n) is 9.11. The molecule has 0 heterocycles. The van der Waals surface area contributed by atoms with Crippen molar-refractivity contribution in [3.8, 4) is 0 Å². The van der Waals surface area contributed by atoms with Crippen molar-refractivity contribution in [3.63, 3.8) is 0 Å². The van der Waals surface area contributed by atoms with Gasteiger partial charge >= 0.3 is 0 Å². The van der Waals surface area contributed by atoms with E-state index in [4.69, 9.17) is 4.43 Å². The van der Waals surface area contributed by atoms with E-state index in [9.17, 15) is 0 Å². The molecule has 20 heavy (non-hydrogen) atoms. The Morgan fingerprint density at radius 3 is 1.55 bits per heavy atom. The predicted octanol–water partition coefficient (Wildman–Crippen LogP) is 6.93. The molecule has 0 saturated heterocycles. The minimum atomic E-state index is -1.48. The Labute approximate surface area is 130 Å². The van der Waals surface area contributed by atoms with Gasteiger partial charge in [-0.15, -0.1) is 0 Å². The molecule has 0 aliphatic heterocycles. The molecule has 0 rings (SSSR count). The van der Waals surface area contributed by atoms with E-state index in [0.29, 0.717) is 6.10 Å². The number of hydrogen-bond acceptors (Lipinski definition) is 1. The third-order valence-corrected chi connectivity index (χ3v) is 8.34. The van der Waals surface area contributed by atoms with Gasteiger partial charge in [-0.1, -0.05) is 79.1 Å².